The number of methoxy groups -OCH3 is 1. The summed E-state index contributed by atoms with van der Waals surface area (Å²) in [7, 11) is 1.59. The zero-order chi connectivity index (χ0) is 18.4. The van der Waals surface area contributed by atoms with Crippen LogP contribution in [-0.2, 0) is 11.3 Å². The van der Waals surface area contributed by atoms with Crippen LogP contribution in [0.4, 0.5) is 0 Å². The van der Waals surface area contributed by atoms with Crippen molar-refractivity contribution in [2.45, 2.75) is 6.54 Å². The zero-order valence-electron chi connectivity index (χ0n) is 14.0. The first-order valence-electron chi connectivity index (χ1n) is 7.82. The van der Waals surface area contributed by atoms with E-state index in [0.29, 0.717) is 22.5 Å². The molecule has 0 fully saturated rings. The molecule has 0 unspecified atom stereocenters. The Kier molecular flexibility index (Phi) is 5.66. The van der Waals surface area contributed by atoms with E-state index in [2.05, 4.69) is 15.5 Å². The normalized spacial score (nSPS) is 10.8. The Bertz CT molecular complexity index is 920. The van der Waals surface area contributed by atoms with Crippen LogP contribution in [0.3, 0.4) is 0 Å². The third-order valence-electron chi connectivity index (χ3n) is 3.51. The van der Waals surface area contributed by atoms with Gasteiger partial charge in [0, 0.05) is 16.7 Å². The highest BCUT2D eigenvalue weighted by Gasteiger charge is 2.09. The summed E-state index contributed by atoms with van der Waals surface area (Å²) in [6.45, 7) is 0.140. The highest BCUT2D eigenvalue weighted by atomic mass is 35.5. The molecule has 2 aromatic carbocycles. The van der Waals surface area contributed by atoms with E-state index in [0.717, 1.165) is 11.1 Å². The topological polar surface area (TPSA) is 77.3 Å². The summed E-state index contributed by atoms with van der Waals surface area (Å²) in [6, 6.07) is 14.5. The predicted octanol–water partition coefficient (Wildman–Crippen LogP) is 3.73. The summed E-state index contributed by atoms with van der Waals surface area (Å²) in [5.41, 5.74) is 1.65. The fourth-order valence-electron chi connectivity index (χ4n) is 2.17. The number of amides is 1. The molecule has 0 aliphatic rings. The number of hydrogen-bond acceptors (Lipinski definition) is 5. The van der Waals surface area contributed by atoms with E-state index in [1.807, 2.05) is 36.4 Å². The van der Waals surface area contributed by atoms with E-state index in [9.17, 15) is 4.79 Å². The summed E-state index contributed by atoms with van der Waals surface area (Å²) in [4.78, 5) is 16.2. The number of rotatable bonds is 6. The van der Waals surface area contributed by atoms with Gasteiger partial charge < -0.3 is 14.6 Å². The number of nitrogens with zero attached hydrogens (tertiary/aromatic N) is 2. The second kappa shape index (κ2) is 8.31. The third kappa shape index (κ3) is 4.70. The summed E-state index contributed by atoms with van der Waals surface area (Å²) in [5, 5.41) is 7.26. The molecule has 26 heavy (non-hydrogen) atoms. The minimum absolute atomic E-state index is 0.140. The van der Waals surface area contributed by atoms with E-state index < -0.39 is 0 Å². The highest BCUT2D eigenvalue weighted by Crippen LogP contribution is 2.21. The maximum absolute atomic E-state index is 11.9. The van der Waals surface area contributed by atoms with Crippen LogP contribution < -0.4 is 10.1 Å². The number of carbonyl (C=O) groups is 1. The van der Waals surface area contributed by atoms with Crippen LogP contribution in [-0.4, -0.2) is 23.2 Å². The molecule has 3 rings (SSSR count). The van der Waals surface area contributed by atoms with Crippen LogP contribution in [0.5, 0.6) is 5.75 Å². The number of hydrogen-bond donors (Lipinski definition) is 1. The van der Waals surface area contributed by atoms with Crippen LogP contribution in [0, 0.1) is 0 Å². The van der Waals surface area contributed by atoms with Crippen LogP contribution in [0.1, 0.15) is 11.5 Å². The fraction of sp³-hybridized carbons (Fsp3) is 0.105. The molecule has 0 atom stereocenters. The molecule has 0 aliphatic heterocycles. The Morgan fingerprint density at radius 3 is 2.85 bits per heavy atom. The fourth-order valence-corrected chi connectivity index (χ4v) is 2.30. The predicted molar refractivity (Wildman–Crippen MR) is 98.6 cm³/mol. The van der Waals surface area contributed by atoms with Crippen molar-refractivity contribution in [3.63, 3.8) is 0 Å². The molecule has 1 heterocycles. The molecule has 1 aromatic heterocycles. The van der Waals surface area contributed by atoms with Gasteiger partial charge >= 0.3 is 0 Å². The van der Waals surface area contributed by atoms with E-state index >= 15 is 0 Å². The van der Waals surface area contributed by atoms with Crippen LogP contribution in [0.25, 0.3) is 17.5 Å². The molecule has 1 amide bonds. The summed E-state index contributed by atoms with van der Waals surface area (Å²) < 4.78 is 10.3. The minimum atomic E-state index is -0.263. The van der Waals surface area contributed by atoms with Crippen molar-refractivity contribution in [3.8, 4) is 17.1 Å². The summed E-state index contributed by atoms with van der Waals surface area (Å²) in [6.07, 6.45) is 3.13. The smallest absolute Gasteiger partial charge is 0.246 e. The number of halogens is 1. The maximum Gasteiger partial charge on any atom is 0.246 e. The summed E-state index contributed by atoms with van der Waals surface area (Å²) >= 11 is 5.82. The third-order valence-corrected chi connectivity index (χ3v) is 3.76. The Balaban J connectivity index is 1.57. The zero-order valence-corrected chi connectivity index (χ0v) is 14.7. The van der Waals surface area contributed by atoms with E-state index in [4.69, 9.17) is 20.9 Å². The molecule has 0 radical (unpaired) electrons. The molecule has 0 aliphatic carbocycles. The van der Waals surface area contributed by atoms with Gasteiger partial charge in [0.1, 0.15) is 5.75 Å². The molecule has 1 N–H and O–H groups in total. The first-order chi connectivity index (χ1) is 12.6. The highest BCUT2D eigenvalue weighted by molar-refractivity contribution is 6.30. The first kappa shape index (κ1) is 17.7. The van der Waals surface area contributed by atoms with Gasteiger partial charge in [-0.05, 0) is 35.9 Å². The van der Waals surface area contributed by atoms with Gasteiger partial charge in [-0.1, -0.05) is 41.0 Å². The summed E-state index contributed by atoms with van der Waals surface area (Å²) in [5.74, 6) is 1.19. The van der Waals surface area contributed by atoms with E-state index in [-0.39, 0.29) is 12.5 Å². The molecule has 132 valence electrons. The van der Waals surface area contributed by atoms with Crippen molar-refractivity contribution in [3.05, 3.63) is 71.1 Å². The molecule has 0 spiro atoms. The first-order valence-corrected chi connectivity index (χ1v) is 8.20. The lowest BCUT2D eigenvalue weighted by atomic mass is 10.2. The number of benzene rings is 2. The lowest BCUT2D eigenvalue weighted by Crippen LogP contribution is -2.20. The van der Waals surface area contributed by atoms with Gasteiger partial charge in [-0.15, -0.1) is 0 Å². The lowest BCUT2D eigenvalue weighted by molar-refractivity contribution is -0.116. The average molecular weight is 370 g/mol. The van der Waals surface area contributed by atoms with Crippen molar-refractivity contribution >= 4 is 23.6 Å². The maximum atomic E-state index is 11.9. The molecule has 6 nitrogen and oxygen atoms in total. The molecule has 0 saturated carbocycles. The lowest BCUT2D eigenvalue weighted by Gasteiger charge is -2.00. The SMILES string of the molecule is COc1cccc(-c2noc(CNC(=O)C=Cc3ccc(Cl)cc3)n2)c1. The van der Waals surface area contributed by atoms with Crippen LogP contribution in [0.15, 0.2) is 59.1 Å². The molecular formula is C19H16ClN3O3. The Labute approximate surface area is 155 Å². The van der Waals surface area contributed by atoms with Gasteiger partial charge in [0.25, 0.3) is 0 Å². The Morgan fingerprint density at radius 1 is 1.27 bits per heavy atom. The number of ether oxygens (including phenoxy) is 1. The second-order valence-corrected chi connectivity index (χ2v) is 5.78. The van der Waals surface area contributed by atoms with Crippen molar-refractivity contribution in [2.24, 2.45) is 0 Å². The van der Waals surface area contributed by atoms with Crippen molar-refractivity contribution in [2.75, 3.05) is 7.11 Å². The second-order valence-electron chi connectivity index (χ2n) is 5.35. The molecule has 7 heteroatoms. The largest absolute Gasteiger partial charge is 0.497 e. The van der Waals surface area contributed by atoms with Gasteiger partial charge in [0.2, 0.25) is 17.6 Å². The quantitative estimate of drug-likeness (QED) is 0.670. The molecule has 3 aromatic rings. The van der Waals surface area contributed by atoms with Crippen molar-refractivity contribution in [1.29, 1.82) is 0 Å². The monoisotopic (exact) mass is 369 g/mol. The van der Waals surface area contributed by atoms with Gasteiger partial charge in [-0.3, -0.25) is 4.79 Å². The van der Waals surface area contributed by atoms with Crippen molar-refractivity contribution < 1.29 is 14.1 Å². The Morgan fingerprint density at radius 2 is 2.08 bits per heavy atom. The Hall–Kier alpha value is -3.12. The van der Waals surface area contributed by atoms with E-state index in [1.165, 1.54) is 6.08 Å². The van der Waals surface area contributed by atoms with Gasteiger partial charge in [0.15, 0.2) is 0 Å². The van der Waals surface area contributed by atoms with Crippen molar-refractivity contribution in [1.82, 2.24) is 15.5 Å². The standard InChI is InChI=1S/C19H16ClN3O3/c1-25-16-4-2-3-14(11-16)19-22-18(26-23-19)12-21-17(24)10-7-13-5-8-15(20)9-6-13/h2-11H,12H2,1H3,(H,21,24). The van der Waals surface area contributed by atoms with Crippen LogP contribution in [0.2, 0.25) is 5.02 Å². The van der Waals surface area contributed by atoms with Crippen LogP contribution >= 0.6 is 11.6 Å². The van der Waals surface area contributed by atoms with Gasteiger partial charge in [-0.25, -0.2) is 0 Å². The molecular weight excluding hydrogens is 354 g/mol. The molecule has 0 saturated heterocycles. The minimum Gasteiger partial charge on any atom is -0.497 e. The van der Waals surface area contributed by atoms with Gasteiger partial charge in [0.05, 0.1) is 13.7 Å². The molecule has 0 bridgehead atoms. The number of nitrogens with one attached hydrogen (secondary N) is 1. The average Bonchev–Trinajstić information content (AvgIpc) is 3.15. The van der Waals surface area contributed by atoms with Gasteiger partial charge in [-0.2, -0.15) is 4.98 Å². The number of carbonyl (C=O) groups excluding carboxylic acids is 1. The van der Waals surface area contributed by atoms with E-state index in [1.54, 1.807) is 25.3 Å². The number of aromatic nitrogens is 2.